The van der Waals surface area contributed by atoms with Crippen molar-refractivity contribution in [3.8, 4) is 0 Å². The maximum atomic E-state index is 12.0. The number of sulfonamides is 1. The first-order valence-electron chi connectivity index (χ1n) is 7.71. The van der Waals surface area contributed by atoms with Crippen molar-refractivity contribution in [3.63, 3.8) is 0 Å². The molecule has 1 heterocycles. The molecule has 0 aromatic heterocycles. The lowest BCUT2D eigenvalue weighted by molar-refractivity contribution is -0.130. The van der Waals surface area contributed by atoms with Crippen molar-refractivity contribution in [3.05, 3.63) is 29.8 Å². The van der Waals surface area contributed by atoms with Crippen LogP contribution in [-0.4, -0.2) is 45.1 Å². The van der Waals surface area contributed by atoms with Gasteiger partial charge in [0.2, 0.25) is 15.9 Å². The maximum Gasteiger partial charge on any atom is 0.232 e. The summed E-state index contributed by atoms with van der Waals surface area (Å²) in [6, 6.07) is 7.41. The molecular formula is C16H24N2O3S. The highest BCUT2D eigenvalue weighted by Crippen LogP contribution is 2.22. The van der Waals surface area contributed by atoms with Crippen LogP contribution in [0.25, 0.3) is 0 Å². The zero-order valence-electron chi connectivity index (χ0n) is 13.3. The molecule has 0 N–H and O–H groups in total. The lowest BCUT2D eigenvalue weighted by Crippen LogP contribution is -2.33. The molecule has 22 heavy (non-hydrogen) atoms. The van der Waals surface area contributed by atoms with Crippen molar-refractivity contribution in [1.29, 1.82) is 0 Å². The van der Waals surface area contributed by atoms with Gasteiger partial charge >= 0.3 is 0 Å². The maximum absolute atomic E-state index is 12.0. The number of nitrogens with zero attached hydrogens (tertiary/aromatic N) is 2. The number of amides is 1. The number of benzene rings is 1. The Kier molecular flexibility index (Phi) is 5.45. The van der Waals surface area contributed by atoms with Crippen LogP contribution in [-0.2, 0) is 14.8 Å². The zero-order valence-corrected chi connectivity index (χ0v) is 14.1. The molecule has 1 saturated heterocycles. The summed E-state index contributed by atoms with van der Waals surface area (Å²) in [4.78, 5) is 13.9. The molecule has 0 atom stereocenters. The highest BCUT2D eigenvalue weighted by Gasteiger charge is 2.21. The van der Waals surface area contributed by atoms with Crippen molar-refractivity contribution in [1.82, 2.24) is 4.90 Å². The van der Waals surface area contributed by atoms with Gasteiger partial charge in [-0.25, -0.2) is 8.42 Å². The molecule has 0 unspecified atom stereocenters. The Morgan fingerprint density at radius 2 is 1.86 bits per heavy atom. The van der Waals surface area contributed by atoms with Crippen molar-refractivity contribution in [2.24, 2.45) is 0 Å². The highest BCUT2D eigenvalue weighted by atomic mass is 32.2. The molecule has 1 aromatic carbocycles. The van der Waals surface area contributed by atoms with E-state index >= 15 is 0 Å². The topological polar surface area (TPSA) is 57.7 Å². The average molecular weight is 324 g/mol. The molecule has 0 aliphatic carbocycles. The molecule has 1 aromatic rings. The van der Waals surface area contributed by atoms with Gasteiger partial charge in [-0.2, -0.15) is 0 Å². The summed E-state index contributed by atoms with van der Waals surface area (Å²) >= 11 is 0. The molecule has 5 nitrogen and oxygen atoms in total. The predicted octanol–water partition coefficient (Wildman–Crippen LogP) is 2.16. The monoisotopic (exact) mass is 324 g/mol. The van der Waals surface area contributed by atoms with Gasteiger partial charge in [-0.1, -0.05) is 18.2 Å². The first-order valence-corrected chi connectivity index (χ1v) is 9.55. The van der Waals surface area contributed by atoms with Gasteiger partial charge in [-0.3, -0.25) is 9.10 Å². The fourth-order valence-corrected chi connectivity index (χ4v) is 3.83. The summed E-state index contributed by atoms with van der Waals surface area (Å²) in [6.45, 7) is 3.91. The van der Waals surface area contributed by atoms with E-state index < -0.39 is 10.0 Å². The number of rotatable bonds is 6. The predicted molar refractivity (Wildman–Crippen MR) is 88.4 cm³/mol. The molecule has 0 radical (unpaired) electrons. The minimum absolute atomic E-state index is 0.135. The third kappa shape index (κ3) is 4.22. The third-order valence-electron chi connectivity index (χ3n) is 4.00. The SMILES string of the molecule is Cc1ccccc1N(CCCC(=O)N1CCCC1)S(C)(=O)=O. The quantitative estimate of drug-likeness (QED) is 0.806. The highest BCUT2D eigenvalue weighted by molar-refractivity contribution is 7.92. The average Bonchev–Trinajstić information content (AvgIpc) is 2.97. The number of anilines is 1. The number of hydrogen-bond acceptors (Lipinski definition) is 3. The van der Waals surface area contributed by atoms with E-state index in [9.17, 15) is 13.2 Å². The molecule has 2 rings (SSSR count). The van der Waals surface area contributed by atoms with Gasteiger partial charge in [0.25, 0.3) is 0 Å². The molecule has 6 heteroatoms. The van der Waals surface area contributed by atoms with E-state index in [1.807, 2.05) is 30.0 Å². The van der Waals surface area contributed by atoms with Gasteiger partial charge in [0.1, 0.15) is 0 Å². The van der Waals surface area contributed by atoms with Crippen molar-refractivity contribution in [2.45, 2.75) is 32.6 Å². The summed E-state index contributed by atoms with van der Waals surface area (Å²) in [5, 5.41) is 0. The molecule has 1 fully saturated rings. The largest absolute Gasteiger partial charge is 0.343 e. The van der Waals surface area contributed by atoms with Gasteiger partial charge in [-0.15, -0.1) is 0 Å². The van der Waals surface area contributed by atoms with Crippen LogP contribution >= 0.6 is 0 Å². The molecule has 122 valence electrons. The Balaban J connectivity index is 2.00. The lowest BCUT2D eigenvalue weighted by atomic mass is 10.2. The Bertz CT molecular complexity index is 622. The first-order chi connectivity index (χ1) is 10.4. The molecule has 0 spiro atoms. The van der Waals surface area contributed by atoms with E-state index in [-0.39, 0.29) is 5.91 Å². The van der Waals surface area contributed by atoms with Crippen LogP contribution in [0, 0.1) is 6.92 Å². The summed E-state index contributed by atoms with van der Waals surface area (Å²) in [6.07, 6.45) is 4.30. The molecule has 1 aliphatic rings. The Labute approximate surface area is 133 Å². The molecule has 1 aliphatic heterocycles. The lowest BCUT2D eigenvalue weighted by Gasteiger charge is -2.24. The molecule has 1 amide bonds. The standard InChI is InChI=1S/C16H24N2O3S/c1-14-8-3-4-9-15(14)18(22(2,20)21)13-7-10-16(19)17-11-5-6-12-17/h3-4,8-9H,5-7,10-13H2,1-2H3. The molecular weight excluding hydrogens is 300 g/mol. The van der Waals surface area contributed by atoms with Gasteiger partial charge in [0.05, 0.1) is 11.9 Å². The van der Waals surface area contributed by atoms with E-state index in [1.54, 1.807) is 6.07 Å². The van der Waals surface area contributed by atoms with Crippen LogP contribution in [0.15, 0.2) is 24.3 Å². The van der Waals surface area contributed by atoms with Crippen molar-refractivity contribution >= 4 is 21.6 Å². The van der Waals surface area contributed by atoms with Crippen molar-refractivity contribution < 1.29 is 13.2 Å². The van der Waals surface area contributed by atoms with Crippen LogP contribution in [0.4, 0.5) is 5.69 Å². The van der Waals surface area contributed by atoms with Crippen LogP contribution in [0.1, 0.15) is 31.2 Å². The Morgan fingerprint density at radius 3 is 2.45 bits per heavy atom. The van der Waals surface area contributed by atoms with Gasteiger partial charge in [-0.05, 0) is 37.8 Å². The Hall–Kier alpha value is -1.56. The van der Waals surface area contributed by atoms with Gasteiger partial charge in [0, 0.05) is 26.1 Å². The van der Waals surface area contributed by atoms with E-state index in [0.717, 1.165) is 31.5 Å². The third-order valence-corrected chi connectivity index (χ3v) is 5.18. The van der Waals surface area contributed by atoms with E-state index in [2.05, 4.69) is 0 Å². The van der Waals surface area contributed by atoms with Gasteiger partial charge < -0.3 is 4.90 Å². The van der Waals surface area contributed by atoms with Crippen molar-refractivity contribution in [2.75, 3.05) is 30.2 Å². The number of para-hydroxylation sites is 1. The number of likely N-dealkylation sites (tertiary alicyclic amines) is 1. The second-order valence-electron chi connectivity index (χ2n) is 5.81. The normalized spacial score (nSPS) is 15.1. The number of carbonyl (C=O) groups is 1. The van der Waals surface area contributed by atoms with E-state index in [1.165, 1.54) is 10.6 Å². The zero-order chi connectivity index (χ0) is 16.2. The smallest absolute Gasteiger partial charge is 0.232 e. The summed E-state index contributed by atoms with van der Waals surface area (Å²) in [7, 11) is -3.35. The second kappa shape index (κ2) is 7.13. The minimum atomic E-state index is -3.35. The van der Waals surface area contributed by atoms with Gasteiger partial charge in [0.15, 0.2) is 0 Å². The van der Waals surface area contributed by atoms with Crippen LogP contribution < -0.4 is 4.31 Å². The van der Waals surface area contributed by atoms with Crippen LogP contribution in [0.5, 0.6) is 0 Å². The van der Waals surface area contributed by atoms with E-state index in [4.69, 9.17) is 0 Å². The fourth-order valence-electron chi connectivity index (χ4n) is 2.81. The minimum Gasteiger partial charge on any atom is -0.343 e. The summed E-state index contributed by atoms with van der Waals surface area (Å²) < 4.78 is 25.5. The van der Waals surface area contributed by atoms with E-state index in [0.29, 0.717) is 25.1 Å². The number of hydrogen-bond donors (Lipinski definition) is 0. The molecule has 0 bridgehead atoms. The van der Waals surface area contributed by atoms with Crippen LogP contribution in [0.2, 0.25) is 0 Å². The van der Waals surface area contributed by atoms with Crippen LogP contribution in [0.3, 0.4) is 0 Å². The first kappa shape index (κ1) is 16.8. The number of carbonyl (C=O) groups excluding carboxylic acids is 1. The molecule has 0 saturated carbocycles. The number of aryl methyl sites for hydroxylation is 1. The Morgan fingerprint density at radius 1 is 1.23 bits per heavy atom. The second-order valence-corrected chi connectivity index (χ2v) is 7.72. The summed E-state index contributed by atoms with van der Waals surface area (Å²) in [5.74, 6) is 0.135. The summed E-state index contributed by atoms with van der Waals surface area (Å²) in [5.41, 5.74) is 1.61. The fraction of sp³-hybridized carbons (Fsp3) is 0.562.